The van der Waals surface area contributed by atoms with E-state index in [1.54, 1.807) is 7.11 Å². The van der Waals surface area contributed by atoms with Gasteiger partial charge in [-0.05, 0) is 17.7 Å². The number of methoxy groups -OCH3 is 1. The molecule has 0 N–H and O–H groups in total. The fraction of sp³-hybridized carbons (Fsp3) is 0.278. The first-order valence-electron chi connectivity index (χ1n) is 7.24. The third kappa shape index (κ3) is 3.43. The van der Waals surface area contributed by atoms with Crippen LogP contribution in [0, 0.1) is 6.42 Å². The zero-order valence-electron chi connectivity index (χ0n) is 12.4. The molecule has 1 fully saturated rings. The Morgan fingerprint density at radius 3 is 2.73 bits per heavy atom. The van der Waals surface area contributed by atoms with E-state index in [-0.39, 0.29) is 6.10 Å². The molecule has 1 saturated heterocycles. The topological polar surface area (TPSA) is 27.7 Å². The lowest BCUT2D eigenvalue weighted by Gasteiger charge is -2.31. The van der Waals surface area contributed by atoms with Gasteiger partial charge in [0.2, 0.25) is 0 Å². The second kappa shape index (κ2) is 7.14. The zero-order chi connectivity index (χ0) is 15.4. The van der Waals surface area contributed by atoms with Crippen LogP contribution in [0.15, 0.2) is 48.5 Å². The fourth-order valence-corrected chi connectivity index (χ4v) is 2.78. The molecule has 2 atom stereocenters. The van der Waals surface area contributed by atoms with Crippen molar-refractivity contribution in [1.29, 1.82) is 0 Å². The molecule has 0 spiro atoms. The molecule has 3 rings (SSSR count). The summed E-state index contributed by atoms with van der Waals surface area (Å²) in [6, 6.07) is 15.6. The molecule has 0 bridgehead atoms. The van der Waals surface area contributed by atoms with E-state index in [0.717, 1.165) is 23.3 Å². The predicted octanol–water partition coefficient (Wildman–Crippen LogP) is 4.21. The first-order valence-corrected chi connectivity index (χ1v) is 7.62. The molecule has 0 amide bonds. The van der Waals surface area contributed by atoms with Gasteiger partial charge in [-0.15, -0.1) is 0 Å². The standard InChI is InChI=1S/C18H18ClO3/c1-20-17-9-5-2-6-13(17)12-14-10-11-21-18(22-14)15-7-3-4-8-16(15)19/h2-10,14,18H,11-12H2,1H3. The second-order valence-corrected chi connectivity index (χ2v) is 5.52. The number of ether oxygens (including phenoxy) is 3. The molecule has 1 aliphatic heterocycles. The van der Waals surface area contributed by atoms with Gasteiger partial charge in [0.25, 0.3) is 0 Å². The summed E-state index contributed by atoms with van der Waals surface area (Å²) in [5, 5.41) is 0.658. The SMILES string of the molecule is COc1ccccc1CC1[CH]COC(c2ccccc2Cl)O1. The molecule has 2 aromatic carbocycles. The molecular formula is C18H18ClO3. The van der Waals surface area contributed by atoms with Crippen molar-refractivity contribution in [1.82, 2.24) is 0 Å². The van der Waals surface area contributed by atoms with E-state index in [2.05, 4.69) is 6.07 Å². The molecule has 0 aromatic heterocycles. The lowest BCUT2D eigenvalue weighted by atomic mass is 10.0. The molecule has 22 heavy (non-hydrogen) atoms. The highest BCUT2D eigenvalue weighted by Crippen LogP contribution is 2.32. The van der Waals surface area contributed by atoms with Crippen molar-refractivity contribution in [2.75, 3.05) is 13.7 Å². The molecular weight excluding hydrogens is 300 g/mol. The maximum atomic E-state index is 6.22. The first-order chi connectivity index (χ1) is 10.8. The third-order valence-electron chi connectivity index (χ3n) is 3.68. The summed E-state index contributed by atoms with van der Waals surface area (Å²) in [6.45, 7) is 0.537. The summed E-state index contributed by atoms with van der Waals surface area (Å²) in [5.74, 6) is 0.875. The van der Waals surface area contributed by atoms with Crippen molar-refractivity contribution in [3.8, 4) is 5.75 Å². The Kier molecular flexibility index (Phi) is 4.98. The maximum absolute atomic E-state index is 6.22. The number of rotatable bonds is 4. The molecule has 1 aliphatic rings. The van der Waals surface area contributed by atoms with Gasteiger partial charge in [-0.25, -0.2) is 0 Å². The monoisotopic (exact) mass is 317 g/mol. The Balaban J connectivity index is 1.72. The number of para-hydroxylation sites is 1. The van der Waals surface area contributed by atoms with Gasteiger partial charge in [0, 0.05) is 23.4 Å². The van der Waals surface area contributed by atoms with Gasteiger partial charge in [-0.1, -0.05) is 48.0 Å². The zero-order valence-corrected chi connectivity index (χ0v) is 13.1. The van der Waals surface area contributed by atoms with Crippen LogP contribution in [0.2, 0.25) is 5.02 Å². The number of hydrogen-bond acceptors (Lipinski definition) is 3. The average Bonchev–Trinajstić information content (AvgIpc) is 2.56. The van der Waals surface area contributed by atoms with Crippen LogP contribution in [-0.2, 0) is 15.9 Å². The van der Waals surface area contributed by atoms with Crippen LogP contribution < -0.4 is 4.74 Å². The van der Waals surface area contributed by atoms with E-state index in [1.807, 2.05) is 48.9 Å². The lowest BCUT2D eigenvalue weighted by Crippen LogP contribution is -2.29. The Bertz CT molecular complexity index is 629. The van der Waals surface area contributed by atoms with Crippen LogP contribution in [0.5, 0.6) is 5.75 Å². The van der Waals surface area contributed by atoms with Gasteiger partial charge >= 0.3 is 0 Å². The summed E-state index contributed by atoms with van der Waals surface area (Å²) < 4.78 is 17.1. The first kappa shape index (κ1) is 15.3. The summed E-state index contributed by atoms with van der Waals surface area (Å²) in [5.41, 5.74) is 1.98. The maximum Gasteiger partial charge on any atom is 0.185 e. The summed E-state index contributed by atoms with van der Waals surface area (Å²) in [6.07, 6.45) is 2.30. The Morgan fingerprint density at radius 2 is 1.91 bits per heavy atom. The summed E-state index contributed by atoms with van der Waals surface area (Å²) in [7, 11) is 1.68. The molecule has 4 heteroatoms. The van der Waals surface area contributed by atoms with Crippen molar-refractivity contribution in [2.24, 2.45) is 0 Å². The third-order valence-corrected chi connectivity index (χ3v) is 4.02. The van der Waals surface area contributed by atoms with E-state index >= 15 is 0 Å². The van der Waals surface area contributed by atoms with E-state index in [1.165, 1.54) is 0 Å². The fourth-order valence-electron chi connectivity index (χ4n) is 2.55. The number of halogens is 1. The quantitative estimate of drug-likeness (QED) is 0.845. The van der Waals surface area contributed by atoms with Crippen LogP contribution in [0.3, 0.4) is 0 Å². The normalized spacial score (nSPS) is 21.5. The van der Waals surface area contributed by atoms with Crippen LogP contribution in [0.1, 0.15) is 17.4 Å². The van der Waals surface area contributed by atoms with Crippen molar-refractivity contribution >= 4 is 11.6 Å². The van der Waals surface area contributed by atoms with Gasteiger partial charge in [-0.3, -0.25) is 0 Å². The minimum Gasteiger partial charge on any atom is -0.496 e. The minimum atomic E-state index is -0.432. The van der Waals surface area contributed by atoms with E-state index in [0.29, 0.717) is 11.6 Å². The van der Waals surface area contributed by atoms with Gasteiger partial charge in [0.1, 0.15) is 5.75 Å². The Morgan fingerprint density at radius 1 is 1.14 bits per heavy atom. The highest BCUT2D eigenvalue weighted by molar-refractivity contribution is 6.31. The molecule has 2 aromatic rings. The minimum absolute atomic E-state index is 0.0358. The molecule has 115 valence electrons. The van der Waals surface area contributed by atoms with Gasteiger partial charge in [-0.2, -0.15) is 0 Å². The molecule has 1 radical (unpaired) electrons. The Labute approximate surface area is 135 Å². The number of benzene rings is 2. The average molecular weight is 318 g/mol. The highest BCUT2D eigenvalue weighted by atomic mass is 35.5. The van der Waals surface area contributed by atoms with E-state index in [4.69, 9.17) is 25.8 Å². The van der Waals surface area contributed by atoms with Crippen LogP contribution in [0.25, 0.3) is 0 Å². The van der Waals surface area contributed by atoms with Crippen LogP contribution in [-0.4, -0.2) is 19.8 Å². The number of hydrogen-bond donors (Lipinski definition) is 0. The van der Waals surface area contributed by atoms with Crippen molar-refractivity contribution < 1.29 is 14.2 Å². The molecule has 0 aliphatic carbocycles. The van der Waals surface area contributed by atoms with E-state index < -0.39 is 6.29 Å². The van der Waals surface area contributed by atoms with Crippen molar-refractivity contribution in [3.05, 3.63) is 71.1 Å². The second-order valence-electron chi connectivity index (χ2n) is 5.11. The van der Waals surface area contributed by atoms with E-state index in [9.17, 15) is 0 Å². The Hall–Kier alpha value is -1.55. The molecule has 2 unspecified atom stereocenters. The smallest absolute Gasteiger partial charge is 0.185 e. The molecule has 1 heterocycles. The largest absolute Gasteiger partial charge is 0.496 e. The predicted molar refractivity (Wildman–Crippen MR) is 86.0 cm³/mol. The summed E-state index contributed by atoms with van der Waals surface area (Å²) >= 11 is 6.22. The van der Waals surface area contributed by atoms with Crippen LogP contribution >= 0.6 is 11.6 Å². The van der Waals surface area contributed by atoms with Gasteiger partial charge < -0.3 is 14.2 Å². The van der Waals surface area contributed by atoms with Gasteiger partial charge in [0.05, 0.1) is 19.8 Å². The lowest BCUT2D eigenvalue weighted by molar-refractivity contribution is -0.194. The molecule has 3 nitrogen and oxygen atoms in total. The van der Waals surface area contributed by atoms with Crippen LogP contribution in [0.4, 0.5) is 0 Å². The summed E-state index contributed by atoms with van der Waals surface area (Å²) in [4.78, 5) is 0. The van der Waals surface area contributed by atoms with Gasteiger partial charge in [0.15, 0.2) is 6.29 Å². The van der Waals surface area contributed by atoms with Crippen molar-refractivity contribution in [3.63, 3.8) is 0 Å². The molecule has 0 saturated carbocycles. The highest BCUT2D eigenvalue weighted by Gasteiger charge is 2.26. The van der Waals surface area contributed by atoms with Crippen molar-refractivity contribution in [2.45, 2.75) is 18.8 Å².